The molecule has 2 unspecified atom stereocenters. The smallest absolute Gasteiger partial charge is 0.0224 e. The van der Waals surface area contributed by atoms with Crippen LogP contribution in [0.3, 0.4) is 0 Å². The highest BCUT2D eigenvalue weighted by Gasteiger charge is 2.10. The second-order valence-corrected chi connectivity index (χ2v) is 2.84. The van der Waals surface area contributed by atoms with Crippen LogP contribution in [0.15, 0.2) is 24.8 Å². The van der Waals surface area contributed by atoms with Crippen molar-refractivity contribution in [3.05, 3.63) is 24.8 Å². The first-order valence-electron chi connectivity index (χ1n) is 3.86. The number of nitrogens with one attached hydrogen (secondary N) is 1. The van der Waals surface area contributed by atoms with E-state index in [1.807, 2.05) is 6.08 Å². The van der Waals surface area contributed by atoms with Gasteiger partial charge in [-0.2, -0.15) is 0 Å². The molecule has 1 nitrogen and oxygen atoms in total. The van der Waals surface area contributed by atoms with E-state index in [0.29, 0.717) is 12.1 Å². The van der Waals surface area contributed by atoms with Gasteiger partial charge in [0, 0.05) is 12.1 Å². The van der Waals surface area contributed by atoms with Crippen LogP contribution in [-0.2, 0) is 0 Å². The number of rotatable bonds is 2. The quantitative estimate of drug-likeness (QED) is 0.521. The lowest BCUT2D eigenvalue weighted by atomic mass is 10.0. The third-order valence-electron chi connectivity index (χ3n) is 1.80. The van der Waals surface area contributed by atoms with E-state index in [9.17, 15) is 0 Å². The molecule has 0 saturated carbocycles. The van der Waals surface area contributed by atoms with Crippen molar-refractivity contribution in [1.29, 1.82) is 0 Å². The van der Waals surface area contributed by atoms with Crippen LogP contribution in [-0.4, -0.2) is 12.1 Å². The van der Waals surface area contributed by atoms with Crippen LogP contribution in [0.2, 0.25) is 0 Å². The van der Waals surface area contributed by atoms with Crippen LogP contribution in [0.5, 0.6) is 0 Å². The van der Waals surface area contributed by atoms with Crippen molar-refractivity contribution in [2.24, 2.45) is 0 Å². The van der Waals surface area contributed by atoms with Crippen molar-refractivity contribution in [3.8, 4) is 0 Å². The minimum Gasteiger partial charge on any atom is -1.00 e. The van der Waals surface area contributed by atoms with Gasteiger partial charge in [0.25, 0.3) is 0 Å². The summed E-state index contributed by atoms with van der Waals surface area (Å²) in [6, 6.07) is 1.16. The molecule has 0 fully saturated rings. The van der Waals surface area contributed by atoms with E-state index >= 15 is 0 Å². The molecule has 1 aliphatic rings. The van der Waals surface area contributed by atoms with Crippen molar-refractivity contribution in [1.82, 2.24) is 5.32 Å². The summed E-state index contributed by atoms with van der Waals surface area (Å²) in [4.78, 5) is 0. The monoisotopic (exact) mass is 172 g/mol. The van der Waals surface area contributed by atoms with Gasteiger partial charge in [0.05, 0.1) is 0 Å². The lowest BCUT2D eigenvalue weighted by Gasteiger charge is -2.23. The zero-order valence-electron chi connectivity index (χ0n) is 6.89. The summed E-state index contributed by atoms with van der Waals surface area (Å²) in [5.74, 6) is 0. The zero-order chi connectivity index (χ0) is 7.40. The molecular formula is C9H15ClN-. The average Bonchev–Trinajstić information content (AvgIpc) is 1.88. The Kier molecular flexibility index (Phi) is 5.26. The fourth-order valence-corrected chi connectivity index (χ4v) is 1.31. The van der Waals surface area contributed by atoms with Crippen LogP contribution in [0, 0.1) is 0 Å². The molecule has 0 aromatic carbocycles. The Morgan fingerprint density at radius 3 is 3.00 bits per heavy atom. The number of halogens is 1. The second kappa shape index (κ2) is 5.39. The minimum atomic E-state index is 0. The third kappa shape index (κ3) is 3.59. The average molecular weight is 173 g/mol. The topological polar surface area (TPSA) is 12.0 Å². The standard InChI is InChI=1S/C9H15N.ClH/c1-3-5-9-7-4-6-8(2)10-9;/h3-4,6,8-10H,1,5,7H2,2H3;1H/p-1. The van der Waals surface area contributed by atoms with Gasteiger partial charge in [-0.05, 0) is 19.8 Å². The van der Waals surface area contributed by atoms with Crippen molar-refractivity contribution in [2.45, 2.75) is 31.8 Å². The van der Waals surface area contributed by atoms with Gasteiger partial charge < -0.3 is 17.7 Å². The molecule has 0 amide bonds. The molecule has 1 aliphatic heterocycles. The first-order valence-corrected chi connectivity index (χ1v) is 3.86. The summed E-state index contributed by atoms with van der Waals surface area (Å²) < 4.78 is 0. The fraction of sp³-hybridized carbons (Fsp3) is 0.556. The van der Waals surface area contributed by atoms with Gasteiger partial charge >= 0.3 is 0 Å². The minimum absolute atomic E-state index is 0. The molecule has 0 aromatic heterocycles. The van der Waals surface area contributed by atoms with E-state index in [4.69, 9.17) is 0 Å². The summed E-state index contributed by atoms with van der Waals surface area (Å²) in [5.41, 5.74) is 0. The third-order valence-corrected chi connectivity index (χ3v) is 1.80. The Bertz CT molecular complexity index is 142. The molecule has 0 aromatic rings. The van der Waals surface area contributed by atoms with Gasteiger partial charge in [0.15, 0.2) is 0 Å². The Morgan fingerprint density at radius 1 is 1.73 bits per heavy atom. The normalized spacial score (nSPS) is 29.2. The van der Waals surface area contributed by atoms with Crippen molar-refractivity contribution < 1.29 is 12.4 Å². The first kappa shape index (κ1) is 10.7. The van der Waals surface area contributed by atoms with E-state index in [1.165, 1.54) is 0 Å². The lowest BCUT2D eigenvalue weighted by molar-refractivity contribution is -0.00000237. The lowest BCUT2D eigenvalue weighted by Crippen LogP contribution is -3.00. The predicted octanol–water partition coefficient (Wildman–Crippen LogP) is -1.13. The van der Waals surface area contributed by atoms with Gasteiger partial charge in [-0.15, -0.1) is 6.58 Å². The molecule has 1 rings (SSSR count). The van der Waals surface area contributed by atoms with Crippen LogP contribution >= 0.6 is 0 Å². The van der Waals surface area contributed by atoms with Crippen molar-refractivity contribution in [3.63, 3.8) is 0 Å². The summed E-state index contributed by atoms with van der Waals surface area (Å²) >= 11 is 0. The van der Waals surface area contributed by atoms with Gasteiger partial charge in [-0.3, -0.25) is 0 Å². The largest absolute Gasteiger partial charge is 1.00 e. The molecule has 64 valence electrons. The molecule has 0 saturated heterocycles. The fourth-order valence-electron chi connectivity index (χ4n) is 1.31. The zero-order valence-corrected chi connectivity index (χ0v) is 7.64. The molecule has 0 spiro atoms. The molecule has 1 heterocycles. The summed E-state index contributed by atoms with van der Waals surface area (Å²) in [7, 11) is 0. The molecule has 11 heavy (non-hydrogen) atoms. The highest BCUT2D eigenvalue weighted by Crippen LogP contribution is 2.07. The van der Waals surface area contributed by atoms with Gasteiger partial charge in [0.1, 0.15) is 0 Å². The van der Waals surface area contributed by atoms with Gasteiger partial charge in [0.2, 0.25) is 0 Å². The molecule has 0 bridgehead atoms. The Morgan fingerprint density at radius 2 is 2.45 bits per heavy atom. The van der Waals surface area contributed by atoms with E-state index < -0.39 is 0 Å². The molecule has 0 radical (unpaired) electrons. The van der Waals surface area contributed by atoms with Crippen LogP contribution in [0.4, 0.5) is 0 Å². The number of hydrogen-bond donors (Lipinski definition) is 1. The highest BCUT2D eigenvalue weighted by atomic mass is 35.5. The Balaban J connectivity index is 0.000001000. The molecular weight excluding hydrogens is 158 g/mol. The molecule has 2 heteroatoms. The maximum Gasteiger partial charge on any atom is 0.0224 e. The summed E-state index contributed by atoms with van der Waals surface area (Å²) in [6.45, 7) is 5.89. The summed E-state index contributed by atoms with van der Waals surface area (Å²) in [5, 5.41) is 3.46. The van der Waals surface area contributed by atoms with Crippen LogP contribution < -0.4 is 17.7 Å². The van der Waals surface area contributed by atoms with Gasteiger partial charge in [-0.25, -0.2) is 0 Å². The second-order valence-electron chi connectivity index (χ2n) is 2.84. The Labute approximate surface area is 75.0 Å². The van der Waals surface area contributed by atoms with Crippen LogP contribution in [0.25, 0.3) is 0 Å². The van der Waals surface area contributed by atoms with E-state index in [1.54, 1.807) is 0 Å². The van der Waals surface area contributed by atoms with Gasteiger partial charge in [-0.1, -0.05) is 18.2 Å². The SMILES string of the molecule is C=CCC1CC=CC(C)N1.[Cl-]. The van der Waals surface area contributed by atoms with Crippen LogP contribution in [0.1, 0.15) is 19.8 Å². The predicted molar refractivity (Wildman–Crippen MR) is 45.0 cm³/mol. The molecule has 0 aliphatic carbocycles. The highest BCUT2D eigenvalue weighted by molar-refractivity contribution is 5.00. The first-order chi connectivity index (χ1) is 4.83. The Hall–Kier alpha value is -0.270. The van der Waals surface area contributed by atoms with E-state index in [0.717, 1.165) is 12.8 Å². The van der Waals surface area contributed by atoms with Crippen molar-refractivity contribution >= 4 is 0 Å². The maximum absolute atomic E-state index is 3.72. The maximum atomic E-state index is 3.72. The summed E-state index contributed by atoms with van der Waals surface area (Å²) in [6.07, 6.45) is 8.66. The van der Waals surface area contributed by atoms with E-state index in [2.05, 4.69) is 31.0 Å². The number of hydrogen-bond acceptors (Lipinski definition) is 1. The van der Waals surface area contributed by atoms with E-state index in [-0.39, 0.29) is 12.4 Å². The van der Waals surface area contributed by atoms with Crippen molar-refractivity contribution in [2.75, 3.05) is 0 Å². The molecule has 2 atom stereocenters. The molecule has 1 N–H and O–H groups in total.